The number of fused-ring (bicyclic) bond motifs is 22. The minimum atomic E-state index is 0. The van der Waals surface area contributed by atoms with Crippen molar-refractivity contribution in [1.82, 2.24) is 32.0 Å². The van der Waals surface area contributed by atoms with Crippen LogP contribution in [0.2, 0.25) is 0 Å². The van der Waals surface area contributed by atoms with Gasteiger partial charge in [-0.1, -0.05) is 297 Å². The maximum atomic E-state index is 2.38. The van der Waals surface area contributed by atoms with Gasteiger partial charge in [0.25, 0.3) is 0 Å². The summed E-state index contributed by atoms with van der Waals surface area (Å²) in [5, 5.41) is 20.6. The van der Waals surface area contributed by atoms with Crippen LogP contribution in [0.5, 0.6) is 0 Å². The molecule has 19 aromatic carbocycles. The molecule has 0 saturated heterocycles. The van der Waals surface area contributed by atoms with Crippen molar-refractivity contribution in [3.8, 4) is 50.7 Å². The minimum absolute atomic E-state index is 0. The Balaban J connectivity index is 0.000000110. The minimum Gasteiger partial charge on any atom is -0.344 e. The van der Waals surface area contributed by atoms with E-state index in [0.29, 0.717) is 0 Å². The van der Waals surface area contributed by atoms with Crippen LogP contribution < -0.4 is 0 Å². The second-order valence-corrected chi connectivity index (χ2v) is 31.6. The van der Waals surface area contributed by atoms with Gasteiger partial charge in [0.15, 0.2) is 0 Å². The lowest BCUT2D eigenvalue weighted by Crippen LogP contribution is -1.94. The van der Waals surface area contributed by atoms with E-state index in [4.69, 9.17) is 0 Å². The van der Waals surface area contributed by atoms with Crippen molar-refractivity contribution in [2.24, 2.45) is 14.1 Å². The zero-order valence-corrected chi connectivity index (χ0v) is 66.8. The molecule has 0 radical (unpaired) electrons. The molecule has 602 valence electrons. The summed E-state index contributed by atoms with van der Waals surface area (Å²) in [5.74, 6) is 0. The Morgan fingerprint density at radius 3 is 0.640 bits per heavy atom. The van der Waals surface area contributed by atoms with Crippen molar-refractivity contribution in [3.63, 3.8) is 0 Å². The molecular weight excluding hydrogens is 1520 g/mol. The van der Waals surface area contributed by atoms with Gasteiger partial charge in [0.1, 0.15) is 0 Å². The maximum absolute atomic E-state index is 2.38. The molecule has 0 aliphatic carbocycles. The highest BCUT2D eigenvalue weighted by Crippen LogP contribution is 2.43. The zero-order valence-electron chi connectivity index (χ0n) is 66.8. The van der Waals surface area contributed by atoms with Crippen LogP contribution in [-0.2, 0) is 14.1 Å². The van der Waals surface area contributed by atoms with Crippen LogP contribution in [0.4, 0.5) is 0 Å². The van der Waals surface area contributed by atoms with Crippen LogP contribution in [0.15, 0.2) is 443 Å². The summed E-state index contributed by atoms with van der Waals surface area (Å²) >= 11 is 0. The number of nitrogens with zero attached hydrogens (tertiary/aromatic N) is 7. The molecule has 0 saturated carbocycles. The van der Waals surface area contributed by atoms with E-state index >= 15 is 0 Å². The number of hydrogen-bond donors (Lipinski definition) is 0. The fraction of sp³-hybridized carbons (Fsp3) is 0.0508. The summed E-state index contributed by atoms with van der Waals surface area (Å²) in [7, 11) is 4.29. The van der Waals surface area contributed by atoms with Crippen LogP contribution in [-0.4, -0.2) is 32.0 Å². The first-order valence-electron chi connectivity index (χ1n) is 41.6. The highest BCUT2D eigenvalue weighted by atomic mass is 15.0. The molecule has 0 atom stereocenters. The van der Waals surface area contributed by atoms with Crippen molar-refractivity contribution in [1.29, 1.82) is 0 Å². The largest absolute Gasteiger partial charge is 0.344 e. The molecule has 26 aromatic rings. The lowest BCUT2D eigenvalue weighted by atomic mass is 10.0. The first-order valence-corrected chi connectivity index (χ1v) is 41.6. The topological polar surface area (TPSA) is 34.5 Å². The maximum Gasteiger partial charge on any atom is 0.0547 e. The Hall–Kier alpha value is -16.0. The number of hydrogen-bond acceptors (Lipinski definition) is 0. The van der Waals surface area contributed by atoms with Crippen molar-refractivity contribution in [3.05, 3.63) is 443 Å². The predicted octanol–water partition coefficient (Wildman–Crippen LogP) is 32.6. The van der Waals surface area contributed by atoms with Gasteiger partial charge in [-0.05, 0) is 209 Å². The summed E-state index contributed by atoms with van der Waals surface area (Å²) in [6.45, 7) is 0. The van der Waals surface area contributed by atoms with E-state index in [-0.39, 0.29) is 29.7 Å². The van der Waals surface area contributed by atoms with Gasteiger partial charge in [0, 0.05) is 140 Å². The summed E-state index contributed by atoms with van der Waals surface area (Å²) in [5.41, 5.74) is 28.4. The first kappa shape index (κ1) is 78.9. The van der Waals surface area contributed by atoms with Crippen molar-refractivity contribution in [2.75, 3.05) is 0 Å². The third kappa shape index (κ3) is 13.1. The van der Waals surface area contributed by atoms with Crippen LogP contribution in [0.1, 0.15) is 29.7 Å². The second kappa shape index (κ2) is 32.5. The smallest absolute Gasteiger partial charge is 0.0547 e. The van der Waals surface area contributed by atoms with E-state index in [2.05, 4.69) is 489 Å². The lowest BCUT2D eigenvalue weighted by Gasteiger charge is -2.09. The number of para-hydroxylation sites is 12. The van der Waals surface area contributed by atoms with Crippen molar-refractivity contribution in [2.45, 2.75) is 29.7 Å². The highest BCUT2D eigenvalue weighted by Gasteiger charge is 2.21. The Bertz CT molecular complexity index is 8330. The van der Waals surface area contributed by atoms with Gasteiger partial charge in [-0.3, -0.25) is 0 Å². The Labute approximate surface area is 727 Å². The molecule has 7 aromatic heterocycles. The molecule has 0 aliphatic heterocycles. The number of aromatic nitrogens is 7. The van der Waals surface area contributed by atoms with Crippen LogP contribution in [0, 0.1) is 0 Å². The molecule has 0 unspecified atom stereocenters. The molecular formula is C118H95N7. The first-order chi connectivity index (χ1) is 59.9. The summed E-state index contributed by atoms with van der Waals surface area (Å²) in [6, 6.07) is 159. The molecule has 0 fully saturated rings. The SMILES string of the molecule is C.C.C.C.Cn1c2ccccc2c2cc(-c3ccc4c(c3)c3ccccc3n4-c3ccccc3)ccc21.Cn1c2ccccc2c2cc(-n3c4ccccc4c4ccccc43)ccc21.c1ccc(-n2c3ccccc3c3cc(-c4ccc5c(c4)c4ccccc4n5-c4ccccc4)ccc32)cc1.c1ccc(-n2c3ccccc3c3cc4ccccc4cc32)cc1. The Kier molecular flexibility index (Phi) is 20.5. The number of benzene rings is 19. The number of aryl methyl sites for hydroxylation is 2. The molecule has 0 amide bonds. The monoisotopic (exact) mass is 1610 g/mol. The highest BCUT2D eigenvalue weighted by molar-refractivity contribution is 6.18. The van der Waals surface area contributed by atoms with Gasteiger partial charge >= 0.3 is 0 Å². The van der Waals surface area contributed by atoms with Gasteiger partial charge in [-0.15, -0.1) is 0 Å². The van der Waals surface area contributed by atoms with Gasteiger partial charge in [0.2, 0.25) is 0 Å². The molecule has 125 heavy (non-hydrogen) atoms. The fourth-order valence-electron chi connectivity index (χ4n) is 19.4. The van der Waals surface area contributed by atoms with E-state index in [1.165, 1.54) is 214 Å². The van der Waals surface area contributed by atoms with Crippen LogP contribution >= 0.6 is 0 Å². The molecule has 0 aliphatic rings. The fourth-order valence-corrected chi connectivity index (χ4v) is 19.4. The van der Waals surface area contributed by atoms with Gasteiger partial charge in [0.05, 0.1) is 55.2 Å². The van der Waals surface area contributed by atoms with E-state index < -0.39 is 0 Å². The van der Waals surface area contributed by atoms with Gasteiger partial charge in [-0.2, -0.15) is 0 Å². The average Bonchev–Trinajstić information content (AvgIpc) is 1.63. The van der Waals surface area contributed by atoms with E-state index in [1.54, 1.807) is 0 Å². The third-order valence-electron chi connectivity index (χ3n) is 24.9. The molecule has 0 bridgehead atoms. The van der Waals surface area contributed by atoms with Gasteiger partial charge in [-0.25, -0.2) is 0 Å². The zero-order chi connectivity index (χ0) is 80.2. The van der Waals surface area contributed by atoms with Crippen molar-refractivity contribution < 1.29 is 0 Å². The average molecular weight is 1610 g/mol. The van der Waals surface area contributed by atoms with E-state index in [0.717, 1.165) is 0 Å². The molecule has 26 rings (SSSR count). The summed E-state index contributed by atoms with van der Waals surface area (Å²) < 4.78 is 16.4. The quantitative estimate of drug-likeness (QED) is 0.152. The van der Waals surface area contributed by atoms with Crippen molar-refractivity contribution >= 4 is 163 Å². The van der Waals surface area contributed by atoms with Crippen LogP contribution in [0.25, 0.3) is 214 Å². The van der Waals surface area contributed by atoms with E-state index in [1.807, 2.05) is 0 Å². The predicted molar refractivity (Wildman–Crippen MR) is 541 cm³/mol. The molecule has 7 heterocycles. The van der Waals surface area contributed by atoms with Crippen LogP contribution in [0.3, 0.4) is 0 Å². The van der Waals surface area contributed by atoms with Gasteiger partial charge < -0.3 is 32.0 Å². The number of rotatable bonds is 7. The lowest BCUT2D eigenvalue weighted by molar-refractivity contribution is 1.01. The molecule has 0 N–H and O–H groups in total. The molecule has 0 spiro atoms. The Morgan fingerprint density at radius 1 is 0.128 bits per heavy atom. The molecule has 7 heteroatoms. The summed E-state index contributed by atoms with van der Waals surface area (Å²) in [4.78, 5) is 0. The Morgan fingerprint density at radius 2 is 0.320 bits per heavy atom. The van der Waals surface area contributed by atoms with E-state index in [9.17, 15) is 0 Å². The second-order valence-electron chi connectivity index (χ2n) is 31.6. The third-order valence-corrected chi connectivity index (χ3v) is 24.9. The summed E-state index contributed by atoms with van der Waals surface area (Å²) in [6.07, 6.45) is 0. The normalized spacial score (nSPS) is 11.3. The molecule has 7 nitrogen and oxygen atoms in total. The standard InChI is InChI=1S/C36H24N2.C31H22N2.C25H18N2.C22H15N.4CH4/c1-3-11-27(12-4-1)37-33-17-9-7-15-29(33)31-23-25(19-21-35(31)37)26-20-22-36-32(24-26)30-16-8-10-18-34(30)38(36)28-13-5-2-6-14-28;1-32-28-13-7-5-11-24(28)26-19-21(15-17-29(26)32)22-16-18-31-27(20-22)25-12-6-8-14-30(25)33(31)23-9-3-2-4-10-23;1-26-22-11-5-2-10-20(22)21-16-17(14-15-23(21)26)27-24-12-6-3-8-18(24)19-9-4-7-13-25(19)27;1-2-10-18(11-3-1)23-21-13-7-6-12-19(21)20-14-16-8-4-5-9-17(16)15-22(20)23;;;;/h1-24H;2-20H,1H3;2-16H,1H3;1-15H;4*1H4.